The molecule has 2 rings (SSSR count). The van der Waals surface area contributed by atoms with E-state index in [-0.39, 0.29) is 17.6 Å². The zero-order valence-electron chi connectivity index (χ0n) is 12.3. The van der Waals surface area contributed by atoms with Crippen LogP contribution in [0.5, 0.6) is 0 Å². The molecule has 0 saturated carbocycles. The van der Waals surface area contributed by atoms with E-state index in [0.717, 1.165) is 11.3 Å². The van der Waals surface area contributed by atoms with E-state index < -0.39 is 0 Å². The van der Waals surface area contributed by atoms with Crippen molar-refractivity contribution in [1.82, 2.24) is 0 Å². The third-order valence-electron chi connectivity index (χ3n) is 2.90. The normalized spacial score (nSPS) is 10.1. The van der Waals surface area contributed by atoms with Crippen molar-refractivity contribution in [1.29, 1.82) is 0 Å². The second-order valence-corrected chi connectivity index (χ2v) is 5.74. The Labute approximate surface area is 132 Å². The molecule has 5 nitrogen and oxygen atoms in total. The van der Waals surface area contributed by atoms with Crippen molar-refractivity contribution in [2.45, 2.75) is 20.3 Å². The highest BCUT2D eigenvalue weighted by molar-refractivity contribution is 7.16. The number of nitrogens with one attached hydrogen (secondary N) is 2. The summed E-state index contributed by atoms with van der Waals surface area (Å²) in [6.07, 6.45) is 0.388. The number of hydrogen-bond donors (Lipinski definition) is 2. The van der Waals surface area contributed by atoms with Gasteiger partial charge in [-0.15, -0.1) is 11.3 Å². The number of carbonyl (C=O) groups excluding carboxylic acids is 3. The van der Waals surface area contributed by atoms with Gasteiger partial charge in [0.1, 0.15) is 0 Å². The summed E-state index contributed by atoms with van der Waals surface area (Å²) in [5.41, 5.74) is 1.21. The third-order valence-corrected chi connectivity index (χ3v) is 4.09. The molecule has 2 amide bonds. The minimum Gasteiger partial charge on any atom is -0.326 e. The predicted octanol–water partition coefficient (Wildman–Crippen LogP) is 3.55. The lowest BCUT2D eigenvalue weighted by Gasteiger charge is -2.07. The van der Waals surface area contributed by atoms with Crippen molar-refractivity contribution in [2.75, 3.05) is 10.6 Å². The highest BCUT2D eigenvalue weighted by Crippen LogP contribution is 2.20. The Morgan fingerprint density at radius 2 is 1.64 bits per heavy atom. The van der Waals surface area contributed by atoms with Crippen molar-refractivity contribution >= 4 is 40.3 Å². The van der Waals surface area contributed by atoms with Gasteiger partial charge in [0.25, 0.3) is 5.91 Å². The van der Waals surface area contributed by atoms with Crippen molar-refractivity contribution in [3.8, 4) is 0 Å². The lowest BCUT2D eigenvalue weighted by atomic mass is 10.2. The van der Waals surface area contributed by atoms with Gasteiger partial charge >= 0.3 is 0 Å². The number of thiophene rings is 1. The van der Waals surface area contributed by atoms with Gasteiger partial charge in [-0.3, -0.25) is 14.4 Å². The summed E-state index contributed by atoms with van der Waals surface area (Å²) < 4.78 is 0. The molecule has 0 unspecified atom stereocenters. The molecule has 2 N–H and O–H groups in total. The molecule has 1 heterocycles. The molecule has 0 atom stereocenters. The zero-order chi connectivity index (χ0) is 16.1. The molecule has 0 bridgehead atoms. The number of rotatable bonds is 5. The number of benzene rings is 1. The summed E-state index contributed by atoms with van der Waals surface area (Å²) in [6.45, 7) is 3.23. The quantitative estimate of drug-likeness (QED) is 0.828. The number of hydrogen-bond acceptors (Lipinski definition) is 4. The molecule has 2 aromatic rings. The summed E-state index contributed by atoms with van der Waals surface area (Å²) in [5.74, 6) is -0.433. The monoisotopic (exact) mass is 316 g/mol. The van der Waals surface area contributed by atoms with Gasteiger partial charge in [-0.25, -0.2) is 0 Å². The van der Waals surface area contributed by atoms with Crippen molar-refractivity contribution in [2.24, 2.45) is 0 Å². The summed E-state index contributed by atoms with van der Waals surface area (Å²) in [4.78, 5) is 35.8. The first-order chi connectivity index (χ1) is 10.5. The van der Waals surface area contributed by atoms with Gasteiger partial charge in [-0.1, -0.05) is 13.0 Å². The molecular weight excluding hydrogens is 300 g/mol. The van der Waals surface area contributed by atoms with E-state index >= 15 is 0 Å². The smallest absolute Gasteiger partial charge is 0.265 e. The minimum absolute atomic E-state index is 0.0617. The van der Waals surface area contributed by atoms with Crippen molar-refractivity contribution in [3.05, 3.63) is 46.2 Å². The highest BCUT2D eigenvalue weighted by atomic mass is 32.1. The Kier molecular flexibility index (Phi) is 5.06. The fraction of sp³-hybridized carbons (Fsp3) is 0.188. The molecular formula is C16H16N2O3S. The Morgan fingerprint density at radius 3 is 2.23 bits per heavy atom. The van der Waals surface area contributed by atoms with Gasteiger partial charge in [-0.2, -0.15) is 0 Å². The first-order valence-electron chi connectivity index (χ1n) is 6.81. The third kappa shape index (κ3) is 4.02. The Hall–Kier alpha value is -2.47. The Balaban J connectivity index is 2.09. The summed E-state index contributed by atoms with van der Waals surface area (Å²) >= 11 is 1.16. The molecule has 1 aromatic heterocycles. The van der Waals surface area contributed by atoms with E-state index in [0.29, 0.717) is 27.5 Å². The fourth-order valence-corrected chi connectivity index (χ4v) is 2.56. The van der Waals surface area contributed by atoms with Gasteiger partial charge in [0.15, 0.2) is 5.78 Å². The second kappa shape index (κ2) is 7.00. The molecule has 0 aliphatic carbocycles. The molecule has 1 aromatic carbocycles. The van der Waals surface area contributed by atoms with Gasteiger partial charge in [0.05, 0.1) is 9.75 Å². The molecule has 0 spiro atoms. The summed E-state index contributed by atoms with van der Waals surface area (Å²) in [5, 5.41) is 5.48. The van der Waals surface area contributed by atoms with Crippen LogP contribution < -0.4 is 10.6 Å². The first kappa shape index (κ1) is 15.9. The van der Waals surface area contributed by atoms with Crippen LogP contribution in [-0.4, -0.2) is 17.6 Å². The highest BCUT2D eigenvalue weighted by Gasteiger charge is 2.12. The minimum atomic E-state index is -0.281. The van der Waals surface area contributed by atoms with E-state index in [1.54, 1.807) is 43.3 Å². The number of amides is 2. The largest absolute Gasteiger partial charge is 0.326 e. The van der Waals surface area contributed by atoms with Crippen LogP contribution in [0, 0.1) is 0 Å². The van der Waals surface area contributed by atoms with Crippen molar-refractivity contribution < 1.29 is 14.4 Å². The average molecular weight is 316 g/mol. The maximum absolute atomic E-state index is 12.1. The van der Waals surface area contributed by atoms with Gasteiger partial charge in [0, 0.05) is 17.8 Å². The summed E-state index contributed by atoms with van der Waals surface area (Å²) in [6, 6.07) is 10.2. The molecule has 0 aliphatic heterocycles. The van der Waals surface area contributed by atoms with Crippen LogP contribution >= 0.6 is 11.3 Å². The maximum atomic E-state index is 12.1. The Bertz CT molecular complexity index is 722. The topological polar surface area (TPSA) is 75.3 Å². The SMILES string of the molecule is CCC(=O)Nc1cccc(NC(=O)c2ccc(C(C)=O)s2)c1. The number of Topliss-reactive ketones (excluding diaryl/α,β-unsaturated/α-hetero) is 1. The lowest BCUT2D eigenvalue weighted by molar-refractivity contribution is -0.115. The number of anilines is 2. The molecule has 0 radical (unpaired) electrons. The van der Waals surface area contributed by atoms with Gasteiger partial charge in [-0.05, 0) is 37.3 Å². The lowest BCUT2D eigenvalue weighted by Crippen LogP contribution is -2.12. The van der Waals surface area contributed by atoms with Crippen molar-refractivity contribution in [3.63, 3.8) is 0 Å². The second-order valence-electron chi connectivity index (χ2n) is 4.66. The van der Waals surface area contributed by atoms with Gasteiger partial charge < -0.3 is 10.6 Å². The predicted molar refractivity (Wildman–Crippen MR) is 87.6 cm³/mol. The molecule has 0 fully saturated rings. The van der Waals surface area contributed by atoms with Crippen LogP contribution in [0.15, 0.2) is 36.4 Å². The Morgan fingerprint density at radius 1 is 1.00 bits per heavy atom. The van der Waals surface area contributed by atoms with E-state index in [4.69, 9.17) is 0 Å². The van der Waals surface area contributed by atoms with E-state index in [1.807, 2.05) is 0 Å². The zero-order valence-corrected chi connectivity index (χ0v) is 13.1. The van der Waals surface area contributed by atoms with Crippen LogP contribution in [0.3, 0.4) is 0 Å². The molecule has 0 saturated heterocycles. The molecule has 0 aliphatic rings. The van der Waals surface area contributed by atoms with E-state index in [9.17, 15) is 14.4 Å². The molecule has 114 valence electrons. The number of ketones is 1. The molecule has 6 heteroatoms. The maximum Gasteiger partial charge on any atom is 0.265 e. The van der Waals surface area contributed by atoms with Crippen LogP contribution in [-0.2, 0) is 4.79 Å². The van der Waals surface area contributed by atoms with Crippen LogP contribution in [0.1, 0.15) is 39.6 Å². The van der Waals surface area contributed by atoms with Crippen LogP contribution in [0.4, 0.5) is 11.4 Å². The fourth-order valence-electron chi connectivity index (χ4n) is 1.77. The molecule has 22 heavy (non-hydrogen) atoms. The van der Waals surface area contributed by atoms with E-state index in [1.165, 1.54) is 6.92 Å². The number of carbonyl (C=O) groups is 3. The van der Waals surface area contributed by atoms with E-state index in [2.05, 4.69) is 10.6 Å². The van der Waals surface area contributed by atoms with Gasteiger partial charge in [0.2, 0.25) is 5.91 Å². The average Bonchev–Trinajstić information content (AvgIpc) is 2.97. The summed E-state index contributed by atoms with van der Waals surface area (Å²) in [7, 11) is 0. The first-order valence-corrected chi connectivity index (χ1v) is 7.63. The van der Waals surface area contributed by atoms with Crippen LogP contribution in [0.2, 0.25) is 0 Å². The standard InChI is InChI=1S/C16H16N2O3S/c1-3-15(20)17-11-5-4-6-12(9-11)18-16(21)14-8-7-13(22-14)10(2)19/h4-9H,3H2,1-2H3,(H,17,20)(H,18,21). The van der Waals surface area contributed by atoms with Crippen LogP contribution in [0.25, 0.3) is 0 Å².